The monoisotopic (exact) mass is 668 g/mol. The molecular weight excluding hydrogens is 632 g/mol. The molecule has 1 heteroatoms. The summed E-state index contributed by atoms with van der Waals surface area (Å²) in [4.78, 5) is 0. The summed E-state index contributed by atoms with van der Waals surface area (Å²) in [5, 5.41) is 0. The molecule has 0 spiro atoms. The molecule has 0 nitrogen and oxygen atoms in total. The van der Waals surface area contributed by atoms with Gasteiger partial charge in [0.05, 0.1) is 0 Å². The third-order valence-electron chi connectivity index (χ3n) is 10.0. The number of allylic oxidation sites excluding steroid dienone is 1. The number of fused-ring (bicyclic) bond motifs is 4. The molecule has 222 valence electrons. The molecule has 6 aromatic carbocycles. The molecule has 1 atom stereocenters. The molecule has 0 aromatic heterocycles. The van der Waals surface area contributed by atoms with Crippen LogP contribution in [0.2, 0.25) is 0 Å². The Balaban J connectivity index is 1.51. The first-order valence-corrected chi connectivity index (χ1v) is 20.8. The summed E-state index contributed by atoms with van der Waals surface area (Å²) in [5.74, 6) is 0. The van der Waals surface area contributed by atoms with Crippen LogP contribution in [0, 0.1) is 0 Å². The van der Waals surface area contributed by atoms with Gasteiger partial charge in [-0.15, -0.1) is 0 Å². The molecule has 0 bridgehead atoms. The summed E-state index contributed by atoms with van der Waals surface area (Å²) in [6, 6.07) is 57.8. The van der Waals surface area contributed by atoms with Crippen LogP contribution in [-0.4, -0.2) is 3.21 Å². The zero-order valence-electron chi connectivity index (χ0n) is 26.6. The third-order valence-corrected chi connectivity index (χ3v) is 18.7. The zero-order valence-corrected chi connectivity index (χ0v) is 29.0. The predicted molar refractivity (Wildman–Crippen MR) is 191 cm³/mol. The van der Waals surface area contributed by atoms with Gasteiger partial charge < -0.3 is 0 Å². The van der Waals surface area contributed by atoms with E-state index in [-0.39, 0.29) is 0 Å². The second kappa shape index (κ2) is 12.5. The van der Waals surface area contributed by atoms with E-state index in [0.29, 0.717) is 7.25 Å². The number of hydrogen-bond donors (Lipinski definition) is 0. The molecule has 0 saturated carbocycles. The molecule has 0 heterocycles. The van der Waals surface area contributed by atoms with Gasteiger partial charge in [-0.2, -0.15) is 0 Å². The van der Waals surface area contributed by atoms with Crippen molar-refractivity contribution >= 4 is 8.78 Å². The Morgan fingerprint density at radius 1 is 0.500 bits per heavy atom. The number of hydrogen-bond acceptors (Lipinski definition) is 0. The van der Waals surface area contributed by atoms with Gasteiger partial charge in [-0.25, -0.2) is 0 Å². The van der Waals surface area contributed by atoms with Crippen LogP contribution in [0.3, 0.4) is 0 Å². The van der Waals surface area contributed by atoms with Gasteiger partial charge in [0.15, 0.2) is 0 Å². The Kier molecular flexibility index (Phi) is 7.97. The maximum atomic E-state index is 2.69. The standard InChI is InChI=1S/C17H17.C15H11.C13H10.Zr/c1-3-12-5-7-16-14(9-12)11-15-10-13(4-2)6-8-17(15)16;1-2-6-12(7-3-1)15-11-10-13-8-4-5-9-14(13)15;1-3-7-12(8-4-1)11-13-9-5-2-6-10-13;/h5-11H,3-4H2,1-2H3;1-11H;1-10H;. The number of benzene rings is 6. The molecule has 1 unspecified atom stereocenters. The van der Waals surface area contributed by atoms with Crippen molar-refractivity contribution < 1.29 is 21.3 Å². The van der Waals surface area contributed by atoms with Crippen molar-refractivity contribution in [2.24, 2.45) is 0 Å². The fourth-order valence-electron chi connectivity index (χ4n) is 7.81. The maximum absolute atomic E-state index is 2.90. The molecule has 2 aliphatic carbocycles. The van der Waals surface area contributed by atoms with Crippen molar-refractivity contribution in [1.29, 1.82) is 0 Å². The van der Waals surface area contributed by atoms with Crippen molar-refractivity contribution in [3.63, 3.8) is 0 Å². The Labute approximate surface area is 281 Å². The van der Waals surface area contributed by atoms with Crippen LogP contribution in [0.25, 0.3) is 16.7 Å². The molecule has 0 saturated heterocycles. The van der Waals surface area contributed by atoms with Crippen molar-refractivity contribution in [2.75, 3.05) is 0 Å². The van der Waals surface area contributed by atoms with Crippen LogP contribution in [0.15, 0.2) is 158 Å². The fourth-order valence-corrected chi connectivity index (χ4v) is 17.7. The summed E-state index contributed by atoms with van der Waals surface area (Å²) < 4.78 is 2.38. The summed E-state index contributed by atoms with van der Waals surface area (Å²) in [5.41, 5.74) is 17.2. The van der Waals surface area contributed by atoms with E-state index in [4.69, 9.17) is 0 Å². The Morgan fingerprint density at radius 3 is 1.54 bits per heavy atom. The molecule has 6 aromatic rings. The second-order valence-corrected chi connectivity index (χ2v) is 19.0. The van der Waals surface area contributed by atoms with E-state index in [9.17, 15) is 0 Å². The molecular formula is C45H38Zr. The van der Waals surface area contributed by atoms with Crippen molar-refractivity contribution in [3.8, 4) is 11.1 Å². The molecule has 0 aliphatic heterocycles. The zero-order chi connectivity index (χ0) is 31.0. The van der Waals surface area contributed by atoms with Crippen molar-refractivity contribution in [1.82, 2.24) is 0 Å². The molecule has 0 N–H and O–H groups in total. The SMILES string of the molecule is CCc1ccc2c(c1)[CH]([Zr](=[C](c1ccccc1)c1ccccc1)[CH]1C=C(c3ccccc3)c3ccccc31)c1cc(CC)ccc1-2. The van der Waals surface area contributed by atoms with E-state index in [0.717, 1.165) is 12.8 Å². The quantitative estimate of drug-likeness (QED) is 0.159. The first-order valence-electron chi connectivity index (χ1n) is 16.7. The Hall–Kier alpha value is -4.19. The first-order chi connectivity index (χ1) is 22.7. The average molecular weight is 670 g/mol. The van der Waals surface area contributed by atoms with Crippen LogP contribution >= 0.6 is 0 Å². The predicted octanol–water partition coefficient (Wildman–Crippen LogP) is 11.0. The van der Waals surface area contributed by atoms with Crippen LogP contribution in [-0.2, 0) is 34.1 Å². The molecule has 8 rings (SSSR count). The molecule has 46 heavy (non-hydrogen) atoms. The van der Waals surface area contributed by atoms with Gasteiger partial charge in [-0.3, -0.25) is 0 Å². The molecule has 2 aliphatic rings. The molecule has 0 fully saturated rings. The summed E-state index contributed by atoms with van der Waals surface area (Å²) in [6.07, 6.45) is 4.78. The number of aryl methyl sites for hydroxylation is 2. The van der Waals surface area contributed by atoms with Gasteiger partial charge in [0.25, 0.3) is 0 Å². The van der Waals surface area contributed by atoms with Gasteiger partial charge in [0, 0.05) is 0 Å². The second-order valence-electron chi connectivity index (χ2n) is 12.6. The molecule has 0 amide bonds. The summed E-state index contributed by atoms with van der Waals surface area (Å²) in [7, 11) is 0. The van der Waals surface area contributed by atoms with E-state index >= 15 is 0 Å². The van der Waals surface area contributed by atoms with Crippen LogP contribution < -0.4 is 0 Å². The summed E-state index contributed by atoms with van der Waals surface area (Å²) in [6.45, 7) is 4.59. The normalized spacial score (nSPS) is 14.7. The molecule has 0 radical (unpaired) electrons. The van der Waals surface area contributed by atoms with E-state index in [1.165, 1.54) is 55.6 Å². The van der Waals surface area contributed by atoms with Crippen LogP contribution in [0.5, 0.6) is 0 Å². The van der Waals surface area contributed by atoms with Gasteiger partial charge in [0.1, 0.15) is 0 Å². The van der Waals surface area contributed by atoms with Crippen molar-refractivity contribution in [3.05, 3.63) is 208 Å². The Morgan fingerprint density at radius 2 is 1.00 bits per heavy atom. The minimum absolute atomic E-state index is 0.378. The third kappa shape index (κ3) is 5.07. The van der Waals surface area contributed by atoms with Gasteiger partial charge in [0.2, 0.25) is 0 Å². The van der Waals surface area contributed by atoms with E-state index in [1.807, 2.05) is 0 Å². The van der Waals surface area contributed by atoms with Gasteiger partial charge >= 0.3 is 283 Å². The minimum atomic E-state index is -2.90. The van der Waals surface area contributed by atoms with E-state index < -0.39 is 21.3 Å². The van der Waals surface area contributed by atoms with E-state index in [2.05, 4.69) is 172 Å². The number of rotatable bonds is 7. The Bertz CT molecular complexity index is 2010. The van der Waals surface area contributed by atoms with Gasteiger partial charge in [-0.1, -0.05) is 0 Å². The summed E-state index contributed by atoms with van der Waals surface area (Å²) >= 11 is -2.90. The average Bonchev–Trinajstić information content (AvgIpc) is 3.67. The van der Waals surface area contributed by atoms with E-state index in [1.54, 1.807) is 14.3 Å². The van der Waals surface area contributed by atoms with Crippen LogP contribution in [0.1, 0.15) is 71.2 Å². The first kappa shape index (κ1) is 29.2. The van der Waals surface area contributed by atoms with Crippen molar-refractivity contribution in [2.45, 2.75) is 33.9 Å². The fraction of sp³-hybridized carbons (Fsp3) is 0.133. The van der Waals surface area contributed by atoms with Gasteiger partial charge in [-0.05, 0) is 0 Å². The van der Waals surface area contributed by atoms with Crippen LogP contribution in [0.4, 0.5) is 0 Å². The topological polar surface area (TPSA) is 0 Å².